The predicted molar refractivity (Wildman–Crippen MR) is 119 cm³/mol. The Bertz CT molecular complexity index is 982. The van der Waals surface area contributed by atoms with Gasteiger partial charge in [-0.1, -0.05) is 40.2 Å². The van der Waals surface area contributed by atoms with Gasteiger partial charge in [-0.05, 0) is 31.3 Å². The number of thiazole rings is 1. The van der Waals surface area contributed by atoms with Crippen LogP contribution >= 0.6 is 27.3 Å². The molecule has 1 aliphatic rings. The number of piperazine rings is 1. The molecule has 2 heterocycles. The number of carbonyl (C=O) groups is 1. The van der Waals surface area contributed by atoms with E-state index in [9.17, 15) is 4.79 Å². The molecule has 3 aromatic rings. The Hall–Kier alpha value is -2.22. The summed E-state index contributed by atoms with van der Waals surface area (Å²) in [5.41, 5.74) is 3.32. The number of nitrogens with one attached hydrogen (secondary N) is 1. The van der Waals surface area contributed by atoms with Crippen molar-refractivity contribution in [2.45, 2.75) is 0 Å². The van der Waals surface area contributed by atoms with Crippen LogP contribution in [0.2, 0.25) is 0 Å². The van der Waals surface area contributed by atoms with Crippen molar-refractivity contribution >= 4 is 44.5 Å². The summed E-state index contributed by atoms with van der Waals surface area (Å²) < 4.78 is 0.993. The van der Waals surface area contributed by atoms with Crippen LogP contribution in [0.5, 0.6) is 0 Å². The first-order valence-electron chi connectivity index (χ1n) is 9.15. The molecule has 0 spiro atoms. The zero-order chi connectivity index (χ0) is 19.5. The summed E-state index contributed by atoms with van der Waals surface area (Å²) in [6, 6.07) is 15.9. The topological polar surface area (TPSA) is 48.5 Å². The Balaban J connectivity index is 1.52. The fourth-order valence-electron chi connectivity index (χ4n) is 3.22. The molecule has 1 N–H and O–H groups in total. The van der Waals surface area contributed by atoms with Crippen LogP contribution in [-0.4, -0.2) is 49.0 Å². The third-order valence-corrected chi connectivity index (χ3v) is 6.19. The summed E-state index contributed by atoms with van der Waals surface area (Å²) in [5, 5.41) is 5.69. The molecule has 0 bridgehead atoms. The van der Waals surface area contributed by atoms with Gasteiger partial charge in [0.2, 0.25) is 0 Å². The normalized spacial score (nSPS) is 14.9. The van der Waals surface area contributed by atoms with Crippen molar-refractivity contribution in [2.75, 3.05) is 43.4 Å². The molecule has 1 aromatic heterocycles. The van der Waals surface area contributed by atoms with Crippen molar-refractivity contribution in [3.8, 4) is 10.6 Å². The maximum atomic E-state index is 12.8. The molecule has 1 fully saturated rings. The Morgan fingerprint density at radius 1 is 1.11 bits per heavy atom. The van der Waals surface area contributed by atoms with Gasteiger partial charge in [0, 0.05) is 41.6 Å². The summed E-state index contributed by atoms with van der Waals surface area (Å²) in [4.78, 5) is 22.0. The fraction of sp³-hybridized carbons (Fsp3) is 0.238. The predicted octanol–water partition coefficient (Wildman–Crippen LogP) is 4.58. The third kappa shape index (κ3) is 4.27. The van der Waals surface area contributed by atoms with Crippen LogP contribution in [0.4, 0.5) is 11.4 Å². The number of hydrogen-bond donors (Lipinski definition) is 1. The average Bonchev–Trinajstić information content (AvgIpc) is 3.20. The van der Waals surface area contributed by atoms with Crippen LogP contribution in [0.15, 0.2) is 58.4 Å². The van der Waals surface area contributed by atoms with Gasteiger partial charge in [-0.2, -0.15) is 0 Å². The van der Waals surface area contributed by atoms with E-state index in [1.54, 1.807) is 0 Å². The van der Waals surface area contributed by atoms with Crippen LogP contribution in [0.3, 0.4) is 0 Å². The van der Waals surface area contributed by atoms with Crippen molar-refractivity contribution < 1.29 is 4.79 Å². The summed E-state index contributed by atoms with van der Waals surface area (Å²) in [5.74, 6) is -0.181. The first kappa shape index (κ1) is 19.1. The van der Waals surface area contributed by atoms with Crippen LogP contribution in [0, 0.1) is 0 Å². The molecule has 0 atom stereocenters. The standard InChI is InChI=1S/C21H21BrN4OS/c1-25-9-11-26(12-10-25)19-8-3-2-7-17(19)23-20(27)18-14-28-21(24-18)15-5-4-6-16(22)13-15/h2-8,13-14H,9-12H2,1H3,(H,23,27). The molecule has 1 saturated heterocycles. The summed E-state index contributed by atoms with van der Waals surface area (Å²) in [7, 11) is 2.14. The van der Waals surface area contributed by atoms with Crippen LogP contribution in [-0.2, 0) is 0 Å². The van der Waals surface area contributed by atoms with Crippen LogP contribution in [0.25, 0.3) is 10.6 Å². The van der Waals surface area contributed by atoms with E-state index < -0.39 is 0 Å². The van der Waals surface area contributed by atoms with E-state index >= 15 is 0 Å². The van der Waals surface area contributed by atoms with Crippen LogP contribution in [0.1, 0.15) is 10.5 Å². The summed E-state index contributed by atoms with van der Waals surface area (Å²) >= 11 is 4.95. The number of amides is 1. The lowest BCUT2D eigenvalue weighted by molar-refractivity contribution is 0.102. The first-order chi connectivity index (χ1) is 13.6. The molecule has 1 aliphatic heterocycles. The van der Waals surface area contributed by atoms with Gasteiger partial charge in [-0.25, -0.2) is 4.98 Å². The van der Waals surface area contributed by atoms with Gasteiger partial charge >= 0.3 is 0 Å². The minimum absolute atomic E-state index is 0.181. The monoisotopic (exact) mass is 456 g/mol. The van der Waals surface area contributed by atoms with Crippen molar-refractivity contribution in [2.24, 2.45) is 0 Å². The number of nitrogens with zero attached hydrogens (tertiary/aromatic N) is 3. The quantitative estimate of drug-likeness (QED) is 0.624. The molecule has 0 aliphatic carbocycles. The molecule has 28 heavy (non-hydrogen) atoms. The number of hydrogen-bond acceptors (Lipinski definition) is 5. The van der Waals surface area contributed by atoms with Gasteiger partial charge in [0.25, 0.3) is 5.91 Å². The van der Waals surface area contributed by atoms with E-state index in [1.807, 2.05) is 47.8 Å². The first-order valence-corrected chi connectivity index (χ1v) is 10.8. The Morgan fingerprint density at radius 2 is 1.89 bits per heavy atom. The van der Waals surface area contributed by atoms with Crippen molar-refractivity contribution in [3.63, 3.8) is 0 Å². The second-order valence-corrected chi connectivity index (χ2v) is 8.58. The van der Waals surface area contributed by atoms with Crippen molar-refractivity contribution in [1.29, 1.82) is 0 Å². The summed E-state index contributed by atoms with van der Waals surface area (Å²) in [6.45, 7) is 3.94. The number of halogens is 1. The highest BCUT2D eigenvalue weighted by Gasteiger charge is 2.19. The van der Waals surface area contributed by atoms with Crippen molar-refractivity contribution in [3.05, 3.63) is 64.1 Å². The lowest BCUT2D eigenvalue weighted by Gasteiger charge is -2.35. The van der Waals surface area contributed by atoms with E-state index in [2.05, 4.69) is 49.1 Å². The lowest BCUT2D eigenvalue weighted by atomic mass is 10.2. The van der Waals surface area contributed by atoms with E-state index in [1.165, 1.54) is 11.3 Å². The second-order valence-electron chi connectivity index (χ2n) is 6.81. The van der Waals surface area contributed by atoms with Crippen LogP contribution < -0.4 is 10.2 Å². The lowest BCUT2D eigenvalue weighted by Crippen LogP contribution is -2.44. The van der Waals surface area contributed by atoms with E-state index in [-0.39, 0.29) is 5.91 Å². The van der Waals surface area contributed by atoms with Gasteiger partial charge in [0.1, 0.15) is 10.7 Å². The van der Waals surface area contributed by atoms with Gasteiger partial charge < -0.3 is 15.1 Å². The highest BCUT2D eigenvalue weighted by atomic mass is 79.9. The number of benzene rings is 2. The molecule has 0 unspecified atom stereocenters. The molecule has 2 aromatic carbocycles. The Labute approximate surface area is 177 Å². The Morgan fingerprint density at radius 3 is 2.68 bits per heavy atom. The number of para-hydroxylation sites is 2. The largest absolute Gasteiger partial charge is 0.367 e. The number of likely N-dealkylation sites (N-methyl/N-ethyl adjacent to an activating group) is 1. The smallest absolute Gasteiger partial charge is 0.275 e. The zero-order valence-electron chi connectivity index (χ0n) is 15.6. The third-order valence-electron chi connectivity index (χ3n) is 4.80. The average molecular weight is 457 g/mol. The molecule has 144 valence electrons. The van der Waals surface area contributed by atoms with Gasteiger partial charge in [0.05, 0.1) is 11.4 Å². The highest BCUT2D eigenvalue weighted by Crippen LogP contribution is 2.29. The second kappa shape index (κ2) is 8.43. The van der Waals surface area contributed by atoms with Gasteiger partial charge in [0.15, 0.2) is 0 Å². The molecule has 4 rings (SSSR count). The maximum Gasteiger partial charge on any atom is 0.275 e. The number of carbonyl (C=O) groups excluding carboxylic acids is 1. The molecule has 0 saturated carbocycles. The minimum atomic E-state index is -0.181. The molecule has 1 amide bonds. The zero-order valence-corrected chi connectivity index (χ0v) is 18.0. The number of anilines is 2. The SMILES string of the molecule is CN1CCN(c2ccccc2NC(=O)c2csc(-c3cccc(Br)c3)n2)CC1. The Kier molecular flexibility index (Phi) is 5.75. The van der Waals surface area contributed by atoms with Gasteiger partial charge in [-0.15, -0.1) is 11.3 Å². The molecule has 7 heteroatoms. The molecular weight excluding hydrogens is 436 g/mol. The van der Waals surface area contributed by atoms with Crippen molar-refractivity contribution in [1.82, 2.24) is 9.88 Å². The molecule has 0 radical (unpaired) electrons. The molecule has 5 nitrogen and oxygen atoms in total. The number of aromatic nitrogens is 1. The van der Waals surface area contributed by atoms with Gasteiger partial charge in [-0.3, -0.25) is 4.79 Å². The maximum absolute atomic E-state index is 12.8. The highest BCUT2D eigenvalue weighted by molar-refractivity contribution is 9.10. The number of rotatable bonds is 4. The molecular formula is C21H21BrN4OS. The fourth-order valence-corrected chi connectivity index (χ4v) is 4.42. The van der Waals surface area contributed by atoms with E-state index in [0.29, 0.717) is 5.69 Å². The summed E-state index contributed by atoms with van der Waals surface area (Å²) in [6.07, 6.45) is 0. The minimum Gasteiger partial charge on any atom is -0.367 e. The van der Waals surface area contributed by atoms with E-state index in [0.717, 1.165) is 52.6 Å². The van der Waals surface area contributed by atoms with E-state index in [4.69, 9.17) is 0 Å².